The Morgan fingerprint density at radius 1 is 1.07 bits per heavy atom. The zero-order valence-electron chi connectivity index (χ0n) is 9.74. The number of hydrogen-bond acceptors (Lipinski definition) is 2. The van der Waals surface area contributed by atoms with Crippen molar-refractivity contribution in [1.29, 1.82) is 0 Å². The molecule has 84 valence electrons. The molecule has 1 aromatic carbocycles. The van der Waals surface area contributed by atoms with E-state index in [2.05, 4.69) is 18.9 Å². The van der Waals surface area contributed by atoms with Gasteiger partial charge in [-0.15, -0.1) is 0 Å². The number of phenolic OH excluding ortho intramolecular Hbond substituents is 1. The minimum Gasteiger partial charge on any atom is -0.508 e. The molecule has 1 aromatic rings. The topological polar surface area (TPSA) is 23.5 Å². The van der Waals surface area contributed by atoms with Gasteiger partial charge in [-0.1, -0.05) is 26.2 Å². The summed E-state index contributed by atoms with van der Waals surface area (Å²) in [6.07, 6.45) is 5.15. The smallest absolute Gasteiger partial charge is 0.115 e. The van der Waals surface area contributed by atoms with Crippen molar-refractivity contribution in [3.63, 3.8) is 0 Å². The summed E-state index contributed by atoms with van der Waals surface area (Å²) in [7, 11) is 2.10. The molecule has 0 atom stereocenters. The van der Waals surface area contributed by atoms with E-state index in [9.17, 15) is 0 Å². The lowest BCUT2D eigenvalue weighted by molar-refractivity contribution is 0.475. The second kappa shape index (κ2) is 6.33. The predicted molar refractivity (Wildman–Crippen MR) is 65.5 cm³/mol. The summed E-state index contributed by atoms with van der Waals surface area (Å²) >= 11 is 0. The zero-order valence-corrected chi connectivity index (χ0v) is 9.74. The van der Waals surface area contributed by atoms with Gasteiger partial charge in [-0.2, -0.15) is 0 Å². The second-order valence-corrected chi connectivity index (χ2v) is 4.00. The highest BCUT2D eigenvalue weighted by molar-refractivity contribution is 5.47. The second-order valence-electron chi connectivity index (χ2n) is 4.00. The fourth-order valence-corrected chi connectivity index (χ4v) is 1.61. The number of nitrogens with zero attached hydrogens (tertiary/aromatic N) is 1. The minimum atomic E-state index is 0.332. The predicted octanol–water partition coefficient (Wildman–Crippen LogP) is 3.41. The Balaban J connectivity index is 2.33. The third kappa shape index (κ3) is 4.24. The number of aromatic hydroxyl groups is 1. The lowest BCUT2D eigenvalue weighted by atomic mass is 10.2. The van der Waals surface area contributed by atoms with Crippen LogP contribution in [0.4, 0.5) is 5.69 Å². The highest BCUT2D eigenvalue weighted by Gasteiger charge is 1.99. The van der Waals surface area contributed by atoms with Crippen molar-refractivity contribution in [3.8, 4) is 5.75 Å². The van der Waals surface area contributed by atoms with Crippen molar-refractivity contribution in [2.24, 2.45) is 0 Å². The molecule has 15 heavy (non-hydrogen) atoms. The lowest BCUT2D eigenvalue weighted by Gasteiger charge is -2.19. The van der Waals surface area contributed by atoms with Crippen LogP contribution >= 0.6 is 0 Å². The molecule has 2 heteroatoms. The highest BCUT2D eigenvalue weighted by atomic mass is 16.3. The van der Waals surface area contributed by atoms with Crippen LogP contribution in [0.2, 0.25) is 0 Å². The Bertz CT molecular complexity index is 268. The number of unbranched alkanes of at least 4 members (excludes halogenated alkanes) is 3. The Labute approximate surface area is 92.5 Å². The van der Waals surface area contributed by atoms with E-state index in [1.807, 2.05) is 12.1 Å². The summed E-state index contributed by atoms with van der Waals surface area (Å²) in [4.78, 5) is 2.23. The number of phenols is 1. The van der Waals surface area contributed by atoms with Gasteiger partial charge in [0.1, 0.15) is 5.75 Å². The molecule has 0 saturated carbocycles. The van der Waals surface area contributed by atoms with Crippen LogP contribution in [-0.2, 0) is 0 Å². The van der Waals surface area contributed by atoms with Crippen LogP contribution in [0.1, 0.15) is 32.6 Å². The van der Waals surface area contributed by atoms with E-state index >= 15 is 0 Å². The Morgan fingerprint density at radius 2 is 1.73 bits per heavy atom. The molecule has 0 spiro atoms. The lowest BCUT2D eigenvalue weighted by Crippen LogP contribution is -2.18. The molecule has 0 bridgehead atoms. The molecule has 0 amide bonds. The van der Waals surface area contributed by atoms with Gasteiger partial charge in [0.05, 0.1) is 0 Å². The number of hydrogen-bond donors (Lipinski definition) is 1. The minimum absolute atomic E-state index is 0.332. The summed E-state index contributed by atoms with van der Waals surface area (Å²) in [6, 6.07) is 7.38. The van der Waals surface area contributed by atoms with E-state index in [0.717, 1.165) is 6.54 Å². The van der Waals surface area contributed by atoms with E-state index in [1.54, 1.807) is 12.1 Å². The van der Waals surface area contributed by atoms with Crippen molar-refractivity contribution in [1.82, 2.24) is 0 Å². The molecule has 1 N–H and O–H groups in total. The van der Waals surface area contributed by atoms with Gasteiger partial charge < -0.3 is 10.0 Å². The Morgan fingerprint density at radius 3 is 2.33 bits per heavy atom. The molecule has 0 fully saturated rings. The van der Waals surface area contributed by atoms with Crippen LogP contribution < -0.4 is 4.90 Å². The quantitative estimate of drug-likeness (QED) is 0.723. The van der Waals surface area contributed by atoms with Crippen LogP contribution in [0.5, 0.6) is 5.75 Å². The van der Waals surface area contributed by atoms with Crippen molar-refractivity contribution >= 4 is 5.69 Å². The van der Waals surface area contributed by atoms with Crippen LogP contribution in [0.25, 0.3) is 0 Å². The Hall–Kier alpha value is -1.18. The number of rotatable bonds is 6. The van der Waals surface area contributed by atoms with E-state index in [1.165, 1.54) is 31.4 Å². The first-order chi connectivity index (χ1) is 7.24. The van der Waals surface area contributed by atoms with Crippen LogP contribution in [-0.4, -0.2) is 18.7 Å². The third-order valence-electron chi connectivity index (χ3n) is 2.64. The molecule has 0 aliphatic carbocycles. The van der Waals surface area contributed by atoms with E-state index in [4.69, 9.17) is 5.11 Å². The summed E-state index contributed by atoms with van der Waals surface area (Å²) in [5.41, 5.74) is 1.17. The molecule has 0 aliphatic heterocycles. The first-order valence-corrected chi connectivity index (χ1v) is 5.74. The van der Waals surface area contributed by atoms with Crippen molar-refractivity contribution in [2.75, 3.05) is 18.5 Å². The fourth-order valence-electron chi connectivity index (χ4n) is 1.61. The van der Waals surface area contributed by atoms with E-state index < -0.39 is 0 Å². The molecule has 0 saturated heterocycles. The summed E-state index contributed by atoms with van der Waals surface area (Å²) in [5, 5.41) is 9.17. The van der Waals surface area contributed by atoms with Gasteiger partial charge >= 0.3 is 0 Å². The van der Waals surface area contributed by atoms with Gasteiger partial charge in [0, 0.05) is 19.3 Å². The molecule has 0 aromatic heterocycles. The third-order valence-corrected chi connectivity index (χ3v) is 2.64. The molecular weight excluding hydrogens is 186 g/mol. The SMILES string of the molecule is CCCCCCN(C)c1ccc(O)cc1. The van der Waals surface area contributed by atoms with Gasteiger partial charge in [0.2, 0.25) is 0 Å². The van der Waals surface area contributed by atoms with Crippen LogP contribution in [0, 0.1) is 0 Å². The summed E-state index contributed by atoms with van der Waals surface area (Å²) < 4.78 is 0. The normalized spacial score (nSPS) is 10.3. The fraction of sp³-hybridized carbons (Fsp3) is 0.538. The molecular formula is C13H21NO. The van der Waals surface area contributed by atoms with Gasteiger partial charge in [-0.05, 0) is 30.7 Å². The molecule has 0 aliphatic rings. The first-order valence-electron chi connectivity index (χ1n) is 5.74. The highest BCUT2D eigenvalue weighted by Crippen LogP contribution is 2.17. The zero-order chi connectivity index (χ0) is 11.1. The Kier molecular flexibility index (Phi) is 5.02. The van der Waals surface area contributed by atoms with Crippen LogP contribution in [0.15, 0.2) is 24.3 Å². The molecule has 1 rings (SSSR count). The standard InChI is InChI=1S/C13H21NO/c1-3-4-5-6-11-14(2)12-7-9-13(15)10-8-12/h7-10,15H,3-6,11H2,1-2H3. The van der Waals surface area contributed by atoms with Gasteiger partial charge in [0.25, 0.3) is 0 Å². The molecule has 0 unspecified atom stereocenters. The van der Waals surface area contributed by atoms with Gasteiger partial charge in [-0.25, -0.2) is 0 Å². The van der Waals surface area contributed by atoms with Gasteiger partial charge in [0.15, 0.2) is 0 Å². The van der Waals surface area contributed by atoms with Crippen LogP contribution in [0.3, 0.4) is 0 Å². The maximum Gasteiger partial charge on any atom is 0.115 e. The molecule has 2 nitrogen and oxygen atoms in total. The maximum absolute atomic E-state index is 9.17. The number of benzene rings is 1. The van der Waals surface area contributed by atoms with Gasteiger partial charge in [-0.3, -0.25) is 0 Å². The van der Waals surface area contributed by atoms with Crippen molar-refractivity contribution in [3.05, 3.63) is 24.3 Å². The summed E-state index contributed by atoms with van der Waals surface area (Å²) in [5.74, 6) is 0.332. The average Bonchev–Trinajstić information content (AvgIpc) is 2.25. The average molecular weight is 207 g/mol. The largest absolute Gasteiger partial charge is 0.508 e. The van der Waals surface area contributed by atoms with E-state index in [0.29, 0.717) is 5.75 Å². The van der Waals surface area contributed by atoms with Crippen molar-refractivity contribution < 1.29 is 5.11 Å². The van der Waals surface area contributed by atoms with E-state index in [-0.39, 0.29) is 0 Å². The van der Waals surface area contributed by atoms with Crippen molar-refractivity contribution in [2.45, 2.75) is 32.6 Å². The number of anilines is 1. The monoisotopic (exact) mass is 207 g/mol. The first kappa shape index (κ1) is 11.9. The maximum atomic E-state index is 9.17. The molecule has 0 radical (unpaired) electrons. The summed E-state index contributed by atoms with van der Waals surface area (Å²) in [6.45, 7) is 3.31. The molecule has 0 heterocycles.